The van der Waals surface area contributed by atoms with Gasteiger partial charge in [-0.15, -0.1) is 0 Å². The van der Waals surface area contributed by atoms with Gasteiger partial charge < -0.3 is 15.5 Å². The van der Waals surface area contributed by atoms with Crippen LogP contribution in [0.2, 0.25) is 5.02 Å². The topological polar surface area (TPSA) is 49.6 Å². The first-order chi connectivity index (χ1) is 16.3. The molecular weight excluding hydrogens is 475 g/mol. The summed E-state index contributed by atoms with van der Waals surface area (Å²) >= 11 is 5.97. The van der Waals surface area contributed by atoms with E-state index in [1.54, 1.807) is 0 Å². The van der Waals surface area contributed by atoms with Crippen molar-refractivity contribution in [1.29, 1.82) is 0 Å². The monoisotopic (exact) mass is 509 g/mol. The molecular formula is C27H35ClF3N3O. The lowest BCUT2D eigenvalue weighted by Crippen LogP contribution is -2.52. The molecule has 8 heteroatoms. The van der Waals surface area contributed by atoms with Crippen LogP contribution in [0.3, 0.4) is 0 Å². The molecule has 1 fully saturated rings. The molecule has 2 aromatic rings. The van der Waals surface area contributed by atoms with Crippen LogP contribution in [0.5, 0.6) is 0 Å². The van der Waals surface area contributed by atoms with Gasteiger partial charge in [0.1, 0.15) is 0 Å². The largest absolute Gasteiger partial charge is 0.416 e. The molecule has 1 aliphatic heterocycles. The highest BCUT2D eigenvalue weighted by atomic mass is 35.5. The summed E-state index contributed by atoms with van der Waals surface area (Å²) in [5, 5.41) is 0.657. The molecule has 0 saturated carbocycles. The van der Waals surface area contributed by atoms with E-state index in [4.69, 9.17) is 17.3 Å². The number of hydrogen-bond donors (Lipinski definition) is 1. The second kappa shape index (κ2) is 10.8. The maximum Gasteiger partial charge on any atom is 0.416 e. The molecule has 2 aromatic carbocycles. The molecule has 1 saturated heterocycles. The quantitative estimate of drug-likeness (QED) is 0.475. The molecule has 0 aliphatic carbocycles. The summed E-state index contributed by atoms with van der Waals surface area (Å²) < 4.78 is 40.2. The fourth-order valence-electron chi connectivity index (χ4n) is 4.72. The van der Waals surface area contributed by atoms with Gasteiger partial charge in [0.15, 0.2) is 0 Å². The van der Waals surface area contributed by atoms with Gasteiger partial charge in [-0.25, -0.2) is 0 Å². The number of halogens is 4. The average Bonchev–Trinajstić information content (AvgIpc) is 2.78. The third kappa shape index (κ3) is 6.91. The number of amides is 1. The second-order valence-electron chi connectivity index (χ2n) is 10.5. The lowest BCUT2D eigenvalue weighted by atomic mass is 9.84. The summed E-state index contributed by atoms with van der Waals surface area (Å²) in [5.74, 6) is 0.320. The van der Waals surface area contributed by atoms with E-state index < -0.39 is 23.2 Å². The van der Waals surface area contributed by atoms with Gasteiger partial charge in [-0.05, 0) is 60.2 Å². The molecule has 1 atom stereocenters. The van der Waals surface area contributed by atoms with E-state index in [1.165, 1.54) is 12.1 Å². The minimum Gasteiger partial charge on any atom is -0.368 e. The zero-order valence-electron chi connectivity index (χ0n) is 20.8. The molecule has 1 heterocycles. The summed E-state index contributed by atoms with van der Waals surface area (Å²) in [6.07, 6.45) is -3.24. The van der Waals surface area contributed by atoms with Crippen molar-refractivity contribution in [3.05, 3.63) is 64.2 Å². The minimum absolute atomic E-state index is 0.0660. The average molecular weight is 510 g/mol. The molecule has 0 bridgehead atoms. The Hall–Kier alpha value is -2.25. The number of nitrogens with two attached hydrogens (primary N) is 1. The number of hydrogen-bond acceptors (Lipinski definition) is 3. The minimum atomic E-state index is -4.42. The lowest BCUT2D eigenvalue weighted by Gasteiger charge is -2.40. The maximum absolute atomic E-state index is 13.4. The van der Waals surface area contributed by atoms with Crippen molar-refractivity contribution >= 4 is 23.2 Å². The smallest absolute Gasteiger partial charge is 0.368 e. The van der Waals surface area contributed by atoms with E-state index in [0.717, 1.165) is 17.3 Å². The van der Waals surface area contributed by atoms with Gasteiger partial charge in [-0.3, -0.25) is 4.79 Å². The summed E-state index contributed by atoms with van der Waals surface area (Å²) in [4.78, 5) is 17.2. The molecule has 192 valence electrons. The Morgan fingerprint density at radius 3 is 2.17 bits per heavy atom. The first kappa shape index (κ1) is 27.3. The van der Waals surface area contributed by atoms with E-state index in [1.807, 2.05) is 61.8 Å². The molecule has 0 spiro atoms. The number of nitrogens with zero attached hydrogens (tertiary/aromatic N) is 2. The number of anilines is 1. The van der Waals surface area contributed by atoms with Crippen molar-refractivity contribution in [3.8, 4) is 0 Å². The van der Waals surface area contributed by atoms with E-state index in [-0.39, 0.29) is 11.8 Å². The van der Waals surface area contributed by atoms with Crippen LogP contribution < -0.4 is 10.6 Å². The van der Waals surface area contributed by atoms with E-state index in [2.05, 4.69) is 0 Å². The van der Waals surface area contributed by atoms with Gasteiger partial charge in [-0.2, -0.15) is 13.2 Å². The third-order valence-electron chi connectivity index (χ3n) is 6.53. The fourth-order valence-corrected chi connectivity index (χ4v) is 4.84. The van der Waals surface area contributed by atoms with Crippen LogP contribution in [-0.4, -0.2) is 37.0 Å². The van der Waals surface area contributed by atoms with Gasteiger partial charge in [0.05, 0.1) is 5.56 Å². The van der Waals surface area contributed by atoms with E-state index in [9.17, 15) is 18.0 Å². The SMILES string of the molecule is CC(C)C[C@H](N)c1cc(C(F)(F)F)ccc1N1CCN(C(=O)C(C)(C)Cc2ccc(Cl)cc2)CC1. The predicted molar refractivity (Wildman–Crippen MR) is 136 cm³/mol. The van der Waals surface area contributed by atoms with E-state index in [0.29, 0.717) is 49.6 Å². The van der Waals surface area contributed by atoms with Gasteiger partial charge >= 0.3 is 6.18 Å². The van der Waals surface area contributed by atoms with Crippen LogP contribution in [0.25, 0.3) is 0 Å². The van der Waals surface area contributed by atoms with Gasteiger partial charge in [-0.1, -0.05) is 51.4 Å². The third-order valence-corrected chi connectivity index (χ3v) is 6.78. The highest BCUT2D eigenvalue weighted by Crippen LogP contribution is 2.37. The summed E-state index contributed by atoms with van der Waals surface area (Å²) in [6.45, 7) is 9.97. The van der Waals surface area contributed by atoms with Crippen molar-refractivity contribution in [3.63, 3.8) is 0 Å². The zero-order valence-corrected chi connectivity index (χ0v) is 21.6. The van der Waals surface area contributed by atoms with Crippen LogP contribution in [0.15, 0.2) is 42.5 Å². The molecule has 1 aliphatic rings. The van der Waals surface area contributed by atoms with Crippen molar-refractivity contribution in [2.24, 2.45) is 17.1 Å². The highest BCUT2D eigenvalue weighted by Gasteiger charge is 2.35. The van der Waals surface area contributed by atoms with Crippen LogP contribution in [-0.2, 0) is 17.4 Å². The fraction of sp³-hybridized carbons (Fsp3) is 0.519. The van der Waals surface area contributed by atoms with Crippen LogP contribution >= 0.6 is 11.6 Å². The Kier molecular flexibility index (Phi) is 8.43. The first-order valence-corrected chi connectivity index (χ1v) is 12.4. The van der Waals surface area contributed by atoms with E-state index >= 15 is 0 Å². The zero-order chi connectivity index (χ0) is 26.0. The van der Waals surface area contributed by atoms with Gasteiger partial charge in [0, 0.05) is 48.3 Å². The molecule has 0 unspecified atom stereocenters. The number of carbonyl (C=O) groups excluding carboxylic acids is 1. The molecule has 1 amide bonds. The second-order valence-corrected chi connectivity index (χ2v) is 10.9. The van der Waals surface area contributed by atoms with Crippen LogP contribution in [0, 0.1) is 11.3 Å². The molecule has 35 heavy (non-hydrogen) atoms. The van der Waals surface area contributed by atoms with Crippen molar-refractivity contribution in [2.45, 2.75) is 52.8 Å². The molecule has 0 radical (unpaired) electrons. The molecule has 2 N–H and O–H groups in total. The van der Waals surface area contributed by atoms with Crippen molar-refractivity contribution in [2.75, 3.05) is 31.1 Å². The molecule has 3 rings (SSSR count). The Morgan fingerprint density at radius 1 is 1.03 bits per heavy atom. The summed E-state index contributed by atoms with van der Waals surface area (Å²) in [7, 11) is 0. The van der Waals surface area contributed by atoms with Crippen LogP contribution in [0.4, 0.5) is 18.9 Å². The number of rotatable bonds is 7. The summed E-state index contributed by atoms with van der Waals surface area (Å²) in [6, 6.07) is 10.8. The molecule has 4 nitrogen and oxygen atoms in total. The van der Waals surface area contributed by atoms with Gasteiger partial charge in [0.2, 0.25) is 5.91 Å². The first-order valence-electron chi connectivity index (χ1n) is 12.0. The van der Waals surface area contributed by atoms with Crippen molar-refractivity contribution in [1.82, 2.24) is 4.90 Å². The Bertz CT molecular complexity index is 1010. The lowest BCUT2D eigenvalue weighted by molar-refractivity contribution is -0.140. The summed E-state index contributed by atoms with van der Waals surface area (Å²) in [5.41, 5.74) is 7.36. The van der Waals surface area contributed by atoms with Gasteiger partial charge in [0.25, 0.3) is 0 Å². The number of alkyl halides is 3. The maximum atomic E-state index is 13.4. The Morgan fingerprint density at radius 2 is 1.63 bits per heavy atom. The highest BCUT2D eigenvalue weighted by molar-refractivity contribution is 6.30. The molecule has 0 aromatic heterocycles. The Balaban J connectivity index is 1.73. The standard InChI is InChI=1S/C27H35ClF3N3O/c1-18(2)15-23(32)22-16-20(27(29,30)31)7-10-24(22)33-11-13-34(14-12-33)25(35)26(3,4)17-19-5-8-21(28)9-6-19/h5-10,16,18,23H,11-15,17,32H2,1-4H3/t23-/m0/s1. The normalized spacial score (nSPS) is 16.1. The van der Waals surface area contributed by atoms with Crippen molar-refractivity contribution < 1.29 is 18.0 Å². The van der Waals surface area contributed by atoms with Crippen LogP contribution in [0.1, 0.15) is 56.8 Å². The predicted octanol–water partition coefficient (Wildman–Crippen LogP) is 6.32. The Labute approximate surface area is 211 Å². The number of carbonyl (C=O) groups is 1. The number of benzene rings is 2. The number of piperazine rings is 1.